The van der Waals surface area contributed by atoms with Crippen molar-refractivity contribution in [3.05, 3.63) is 22.8 Å². The first-order chi connectivity index (χ1) is 14.6. The predicted molar refractivity (Wildman–Crippen MR) is 119 cm³/mol. The number of anilines is 1. The minimum absolute atomic E-state index is 0.0276. The zero-order chi connectivity index (χ0) is 20.9. The fourth-order valence-corrected chi connectivity index (χ4v) is 5.27. The van der Waals surface area contributed by atoms with Crippen LogP contribution in [-0.4, -0.2) is 53.9 Å². The van der Waals surface area contributed by atoms with Gasteiger partial charge in [-0.05, 0) is 51.0 Å². The summed E-state index contributed by atoms with van der Waals surface area (Å²) in [5, 5.41) is 3.80. The maximum absolute atomic E-state index is 12.7. The molecular formula is C23H33ClN4O2. The summed E-state index contributed by atoms with van der Waals surface area (Å²) in [5.41, 5.74) is 0.570. The molecule has 1 saturated carbocycles. The Morgan fingerprint density at radius 3 is 2.27 bits per heavy atom. The monoisotopic (exact) mass is 432 g/mol. The molecule has 1 aromatic rings. The molecule has 0 radical (unpaired) electrons. The van der Waals surface area contributed by atoms with Crippen molar-refractivity contribution in [2.45, 2.75) is 70.3 Å². The molecule has 7 heteroatoms. The van der Waals surface area contributed by atoms with Crippen LogP contribution in [0.3, 0.4) is 0 Å². The third kappa shape index (κ3) is 5.08. The van der Waals surface area contributed by atoms with E-state index in [0.717, 1.165) is 70.5 Å². The number of carbonyl (C=O) groups is 2. The number of amides is 2. The van der Waals surface area contributed by atoms with Crippen LogP contribution in [0.1, 0.15) is 74.6 Å². The number of hydrogen-bond donors (Lipinski definition) is 1. The van der Waals surface area contributed by atoms with Crippen molar-refractivity contribution < 1.29 is 9.59 Å². The number of halogens is 1. The van der Waals surface area contributed by atoms with Gasteiger partial charge in [0.1, 0.15) is 5.82 Å². The maximum atomic E-state index is 12.7. The van der Waals surface area contributed by atoms with E-state index in [0.29, 0.717) is 10.6 Å². The molecule has 4 rings (SSSR count). The highest BCUT2D eigenvalue weighted by Crippen LogP contribution is 2.28. The highest BCUT2D eigenvalue weighted by atomic mass is 35.5. The average molecular weight is 433 g/mol. The van der Waals surface area contributed by atoms with Gasteiger partial charge in [0.15, 0.2) is 0 Å². The first-order valence-electron chi connectivity index (χ1n) is 11.6. The summed E-state index contributed by atoms with van der Waals surface area (Å²) in [7, 11) is 0. The van der Waals surface area contributed by atoms with Crippen LogP contribution in [0.4, 0.5) is 5.82 Å². The smallest absolute Gasteiger partial charge is 0.255 e. The van der Waals surface area contributed by atoms with Gasteiger partial charge >= 0.3 is 0 Å². The Hall–Kier alpha value is -1.82. The van der Waals surface area contributed by atoms with Crippen molar-refractivity contribution in [1.29, 1.82) is 0 Å². The first-order valence-corrected chi connectivity index (χ1v) is 12.0. The van der Waals surface area contributed by atoms with E-state index in [2.05, 4.69) is 15.2 Å². The molecule has 3 heterocycles. The van der Waals surface area contributed by atoms with E-state index in [-0.39, 0.29) is 23.8 Å². The Bertz CT molecular complexity index is 752. The number of likely N-dealkylation sites (tertiary alicyclic amines) is 1. The van der Waals surface area contributed by atoms with Crippen LogP contribution in [0.5, 0.6) is 0 Å². The molecule has 2 saturated heterocycles. The Kier molecular flexibility index (Phi) is 7.13. The van der Waals surface area contributed by atoms with Crippen LogP contribution in [-0.2, 0) is 4.79 Å². The summed E-state index contributed by atoms with van der Waals surface area (Å²) in [6.45, 7) is 3.25. The van der Waals surface area contributed by atoms with Gasteiger partial charge in [-0.25, -0.2) is 4.98 Å². The van der Waals surface area contributed by atoms with E-state index >= 15 is 0 Å². The molecule has 0 atom stereocenters. The Balaban J connectivity index is 1.31. The zero-order valence-corrected chi connectivity index (χ0v) is 18.5. The third-order valence-corrected chi connectivity index (χ3v) is 7.11. The molecule has 0 bridgehead atoms. The van der Waals surface area contributed by atoms with Gasteiger partial charge in [-0.2, -0.15) is 0 Å². The molecule has 0 aromatic carbocycles. The van der Waals surface area contributed by atoms with Crippen molar-refractivity contribution in [1.82, 2.24) is 15.2 Å². The molecule has 1 N–H and O–H groups in total. The first kappa shape index (κ1) is 21.4. The second kappa shape index (κ2) is 9.99. The average Bonchev–Trinajstić information content (AvgIpc) is 2.80. The van der Waals surface area contributed by atoms with Crippen LogP contribution in [0.25, 0.3) is 0 Å². The molecule has 164 valence electrons. The molecule has 3 fully saturated rings. The standard InChI is InChI=1S/C23H33ClN4O2/c24-20-15-18(23(30)28-11-5-2-6-12-28)16-25-21(20)27-13-9-19(10-14-27)26-22(29)17-7-3-1-4-8-17/h15-17,19H,1-14H2,(H,26,29). The van der Waals surface area contributed by atoms with E-state index < -0.39 is 0 Å². The highest BCUT2D eigenvalue weighted by Gasteiger charge is 2.27. The summed E-state index contributed by atoms with van der Waals surface area (Å²) < 4.78 is 0. The fourth-order valence-electron chi connectivity index (χ4n) is 4.98. The minimum Gasteiger partial charge on any atom is -0.355 e. The quantitative estimate of drug-likeness (QED) is 0.780. The number of nitrogens with one attached hydrogen (secondary N) is 1. The van der Waals surface area contributed by atoms with Gasteiger partial charge in [0.2, 0.25) is 5.91 Å². The normalized spacial score (nSPS) is 21.5. The molecule has 0 spiro atoms. The molecule has 2 aliphatic heterocycles. The number of rotatable bonds is 4. The molecular weight excluding hydrogens is 400 g/mol. The highest BCUT2D eigenvalue weighted by molar-refractivity contribution is 6.33. The van der Waals surface area contributed by atoms with Crippen LogP contribution in [0, 0.1) is 5.92 Å². The Morgan fingerprint density at radius 2 is 1.60 bits per heavy atom. The summed E-state index contributed by atoms with van der Waals surface area (Å²) >= 11 is 6.52. The van der Waals surface area contributed by atoms with Crippen molar-refractivity contribution in [2.75, 3.05) is 31.1 Å². The number of pyridine rings is 1. The molecule has 30 heavy (non-hydrogen) atoms. The molecule has 2 amide bonds. The third-order valence-electron chi connectivity index (χ3n) is 6.83. The summed E-state index contributed by atoms with van der Waals surface area (Å²) in [4.78, 5) is 33.8. The van der Waals surface area contributed by atoms with E-state index in [9.17, 15) is 9.59 Å². The summed E-state index contributed by atoms with van der Waals surface area (Å²) in [5.74, 6) is 1.21. The van der Waals surface area contributed by atoms with Crippen molar-refractivity contribution >= 4 is 29.2 Å². The summed E-state index contributed by atoms with van der Waals surface area (Å²) in [6, 6.07) is 1.99. The lowest BCUT2D eigenvalue weighted by molar-refractivity contribution is -0.126. The van der Waals surface area contributed by atoms with E-state index in [4.69, 9.17) is 11.6 Å². The molecule has 3 aliphatic rings. The fraction of sp³-hybridized carbons (Fsp3) is 0.696. The van der Waals surface area contributed by atoms with Crippen LogP contribution in [0.2, 0.25) is 5.02 Å². The van der Waals surface area contributed by atoms with Gasteiger partial charge in [0, 0.05) is 44.3 Å². The van der Waals surface area contributed by atoms with Crippen LogP contribution in [0.15, 0.2) is 12.3 Å². The van der Waals surface area contributed by atoms with Crippen molar-refractivity contribution in [3.63, 3.8) is 0 Å². The number of carbonyl (C=O) groups excluding carboxylic acids is 2. The maximum Gasteiger partial charge on any atom is 0.255 e. The Morgan fingerprint density at radius 1 is 0.933 bits per heavy atom. The van der Waals surface area contributed by atoms with Crippen molar-refractivity contribution in [3.8, 4) is 0 Å². The molecule has 6 nitrogen and oxygen atoms in total. The number of hydrogen-bond acceptors (Lipinski definition) is 4. The zero-order valence-electron chi connectivity index (χ0n) is 17.7. The van der Waals surface area contributed by atoms with E-state index in [1.165, 1.54) is 25.7 Å². The number of nitrogens with zero attached hydrogens (tertiary/aromatic N) is 3. The largest absolute Gasteiger partial charge is 0.355 e. The van der Waals surface area contributed by atoms with Gasteiger partial charge < -0.3 is 15.1 Å². The SMILES string of the molecule is O=C(NC1CCN(c2ncc(C(=O)N3CCCCC3)cc2Cl)CC1)C1CCCCC1. The van der Waals surface area contributed by atoms with E-state index in [1.807, 2.05) is 4.90 Å². The van der Waals surface area contributed by atoms with Gasteiger partial charge in [0.25, 0.3) is 5.91 Å². The lowest BCUT2D eigenvalue weighted by atomic mass is 9.88. The molecule has 1 aliphatic carbocycles. The van der Waals surface area contributed by atoms with Gasteiger partial charge in [-0.15, -0.1) is 0 Å². The van der Waals surface area contributed by atoms with Crippen molar-refractivity contribution in [2.24, 2.45) is 5.92 Å². The van der Waals surface area contributed by atoms with Gasteiger partial charge in [-0.1, -0.05) is 30.9 Å². The number of piperidine rings is 2. The predicted octanol–water partition coefficient (Wildman–Crippen LogP) is 4.03. The molecule has 0 unspecified atom stereocenters. The molecule has 1 aromatic heterocycles. The van der Waals surface area contributed by atoms with Gasteiger partial charge in [0.05, 0.1) is 10.6 Å². The van der Waals surface area contributed by atoms with Gasteiger partial charge in [-0.3, -0.25) is 9.59 Å². The number of aromatic nitrogens is 1. The minimum atomic E-state index is 0.0276. The van der Waals surface area contributed by atoms with Crippen LogP contribution >= 0.6 is 11.6 Å². The van der Waals surface area contributed by atoms with Crippen LogP contribution < -0.4 is 10.2 Å². The topological polar surface area (TPSA) is 65.5 Å². The lowest BCUT2D eigenvalue weighted by Gasteiger charge is -2.34. The summed E-state index contributed by atoms with van der Waals surface area (Å²) in [6.07, 6.45) is 12.5. The second-order valence-corrected chi connectivity index (χ2v) is 9.39. The van der Waals surface area contributed by atoms with E-state index in [1.54, 1.807) is 12.3 Å². The Labute approximate surface area is 184 Å². The second-order valence-electron chi connectivity index (χ2n) is 8.99. The lowest BCUT2D eigenvalue weighted by Crippen LogP contribution is -2.46.